The number of nitrogens with two attached hydrogens (primary N) is 1. The number of aliphatic hydroxyl groups excluding tert-OH is 1. The molecule has 0 bridgehead atoms. The number of aromatic nitrogens is 4. The molecule has 2 heterocycles. The summed E-state index contributed by atoms with van der Waals surface area (Å²) in [7, 11) is 0. The van der Waals surface area contributed by atoms with Crippen molar-refractivity contribution in [2.75, 3.05) is 17.7 Å². The lowest BCUT2D eigenvalue weighted by molar-refractivity contribution is 0.244. The second kappa shape index (κ2) is 10.8. The van der Waals surface area contributed by atoms with Crippen molar-refractivity contribution in [3.05, 3.63) is 72.1 Å². The van der Waals surface area contributed by atoms with Gasteiger partial charge in [0.2, 0.25) is 5.95 Å². The van der Waals surface area contributed by atoms with Gasteiger partial charge in [-0.2, -0.15) is 9.97 Å². The number of aromatic hydroxyl groups is 3. The Morgan fingerprint density at radius 3 is 2.29 bits per heavy atom. The van der Waals surface area contributed by atoms with Crippen LogP contribution in [0.3, 0.4) is 0 Å². The molecule has 1 saturated carbocycles. The van der Waals surface area contributed by atoms with Gasteiger partial charge in [-0.25, -0.2) is 4.98 Å². The molecule has 0 spiro atoms. The molecular weight excluding hydrogens is 484 g/mol. The number of nitrogens with zero attached hydrogens (tertiary/aromatic N) is 4. The Bertz CT molecular complexity index is 1460. The van der Waals surface area contributed by atoms with E-state index in [0.29, 0.717) is 11.6 Å². The molecule has 0 saturated heterocycles. The lowest BCUT2D eigenvalue weighted by Gasteiger charge is -2.13. The zero-order chi connectivity index (χ0) is 26.6. The summed E-state index contributed by atoms with van der Waals surface area (Å²) in [5, 5.41) is 40.3. The highest BCUT2D eigenvalue weighted by atomic mass is 16.3. The third-order valence-electron chi connectivity index (χ3n) is 6.38. The number of imidazole rings is 1. The number of nitrogen functional groups attached to an aromatic ring is 1. The summed E-state index contributed by atoms with van der Waals surface area (Å²) in [6.07, 6.45) is 12.7. The minimum absolute atomic E-state index is 0.0235. The van der Waals surface area contributed by atoms with Gasteiger partial charge in [0.1, 0.15) is 17.2 Å². The standard InChI is InChI=1S/C14H18N6O.C14H12O3/c15-14-18-12(17-9-2-3-9)11-13(19-14)20(7-16-11)10-4-1-8(5-10)6-21;15-12-5-3-10(4-6-12)1-2-11-7-13(16)9-14(17)8-11/h1,4,7-10,21H,2-3,5-6H2,(H3,15,17,18,19);1-9,15-17H/b;2-1+/t8-,10+;/m1./s1. The zero-order valence-corrected chi connectivity index (χ0v) is 20.6. The van der Waals surface area contributed by atoms with E-state index in [-0.39, 0.29) is 41.8 Å². The minimum Gasteiger partial charge on any atom is -0.508 e. The van der Waals surface area contributed by atoms with Gasteiger partial charge in [-0.1, -0.05) is 36.4 Å². The van der Waals surface area contributed by atoms with Crippen molar-refractivity contribution < 1.29 is 20.4 Å². The van der Waals surface area contributed by atoms with E-state index in [1.54, 1.807) is 48.8 Å². The summed E-state index contributed by atoms with van der Waals surface area (Å²) in [5.74, 6) is 1.45. The second-order valence-corrected chi connectivity index (χ2v) is 9.51. The number of phenolic OH excluding ortho intramolecular Hbond substituents is 3. The summed E-state index contributed by atoms with van der Waals surface area (Å²) in [6, 6.07) is 11.8. The van der Waals surface area contributed by atoms with Crippen LogP contribution in [0.2, 0.25) is 0 Å². The number of phenols is 3. The van der Waals surface area contributed by atoms with Gasteiger partial charge in [0.05, 0.1) is 12.4 Å². The highest BCUT2D eigenvalue weighted by molar-refractivity contribution is 5.84. The number of benzene rings is 2. The topological polar surface area (TPSA) is 163 Å². The first-order valence-electron chi connectivity index (χ1n) is 12.4. The lowest BCUT2D eigenvalue weighted by Crippen LogP contribution is -2.10. The van der Waals surface area contributed by atoms with Crippen molar-refractivity contribution in [1.29, 1.82) is 0 Å². The van der Waals surface area contributed by atoms with Crippen LogP contribution in [0.5, 0.6) is 17.2 Å². The molecule has 2 aromatic heterocycles. The summed E-state index contributed by atoms with van der Waals surface area (Å²) in [6.45, 7) is 0.172. The van der Waals surface area contributed by atoms with E-state index in [1.807, 2.05) is 16.7 Å². The molecule has 10 nitrogen and oxygen atoms in total. The number of hydrogen-bond donors (Lipinski definition) is 6. The first-order chi connectivity index (χ1) is 18.4. The van der Waals surface area contributed by atoms with Gasteiger partial charge in [0.15, 0.2) is 17.0 Å². The molecule has 0 unspecified atom stereocenters. The largest absolute Gasteiger partial charge is 0.508 e. The Hall–Kier alpha value is -4.57. The smallest absolute Gasteiger partial charge is 0.224 e. The van der Waals surface area contributed by atoms with E-state index in [2.05, 4.69) is 26.3 Å². The van der Waals surface area contributed by atoms with E-state index < -0.39 is 0 Å². The first-order valence-corrected chi connectivity index (χ1v) is 12.4. The Morgan fingerprint density at radius 1 is 0.921 bits per heavy atom. The molecule has 6 rings (SSSR count). The minimum atomic E-state index is 0.0235. The maximum Gasteiger partial charge on any atom is 0.224 e. The fourth-order valence-electron chi connectivity index (χ4n) is 4.28. The summed E-state index contributed by atoms with van der Waals surface area (Å²) < 4.78 is 2.01. The van der Waals surface area contributed by atoms with Crippen molar-refractivity contribution in [2.24, 2.45) is 5.92 Å². The van der Waals surface area contributed by atoms with Gasteiger partial charge in [0, 0.05) is 24.6 Å². The van der Waals surface area contributed by atoms with E-state index in [0.717, 1.165) is 41.8 Å². The molecule has 196 valence electrons. The maximum absolute atomic E-state index is 9.30. The molecule has 2 aromatic carbocycles. The molecule has 0 amide bonds. The predicted molar refractivity (Wildman–Crippen MR) is 147 cm³/mol. The number of rotatable bonds is 6. The summed E-state index contributed by atoms with van der Waals surface area (Å²) >= 11 is 0. The highest BCUT2D eigenvalue weighted by Gasteiger charge is 2.26. The quantitative estimate of drug-likeness (QED) is 0.164. The Labute approximate surface area is 219 Å². The fourth-order valence-corrected chi connectivity index (χ4v) is 4.28. The van der Waals surface area contributed by atoms with Gasteiger partial charge in [-0.05, 0) is 54.7 Å². The molecule has 7 N–H and O–H groups in total. The summed E-state index contributed by atoms with van der Waals surface area (Å²) in [4.78, 5) is 13.1. The molecule has 4 aromatic rings. The van der Waals surface area contributed by atoms with Crippen LogP contribution in [0.4, 0.5) is 11.8 Å². The van der Waals surface area contributed by atoms with E-state index in [4.69, 9.17) is 10.8 Å². The van der Waals surface area contributed by atoms with Crippen LogP contribution in [0.25, 0.3) is 23.3 Å². The van der Waals surface area contributed by atoms with E-state index >= 15 is 0 Å². The molecule has 38 heavy (non-hydrogen) atoms. The normalized spacial score (nSPS) is 18.6. The highest BCUT2D eigenvalue weighted by Crippen LogP contribution is 2.32. The number of anilines is 2. The van der Waals surface area contributed by atoms with Crippen LogP contribution in [0, 0.1) is 5.92 Å². The number of aliphatic hydroxyl groups is 1. The zero-order valence-electron chi connectivity index (χ0n) is 20.6. The van der Waals surface area contributed by atoms with Gasteiger partial charge >= 0.3 is 0 Å². The monoisotopic (exact) mass is 514 g/mol. The van der Waals surface area contributed by atoms with Crippen LogP contribution in [-0.2, 0) is 0 Å². The maximum atomic E-state index is 9.30. The average Bonchev–Trinajstić information content (AvgIpc) is 3.40. The summed E-state index contributed by atoms with van der Waals surface area (Å²) in [5.41, 5.74) is 8.98. The van der Waals surface area contributed by atoms with Crippen LogP contribution < -0.4 is 11.1 Å². The van der Waals surface area contributed by atoms with Crippen molar-refractivity contribution in [1.82, 2.24) is 19.5 Å². The third-order valence-corrected chi connectivity index (χ3v) is 6.38. The molecular formula is C28H30N6O4. The molecule has 0 aliphatic heterocycles. The van der Waals surface area contributed by atoms with Gasteiger partial charge in [0.25, 0.3) is 0 Å². The molecule has 2 atom stereocenters. The van der Waals surface area contributed by atoms with Crippen LogP contribution in [0.1, 0.15) is 36.4 Å². The van der Waals surface area contributed by atoms with Crippen molar-refractivity contribution >= 4 is 35.1 Å². The van der Waals surface area contributed by atoms with Gasteiger partial charge in [-0.15, -0.1) is 0 Å². The first kappa shape index (κ1) is 25.1. The number of nitrogens with one attached hydrogen (secondary N) is 1. The van der Waals surface area contributed by atoms with Crippen LogP contribution in [0.15, 0.2) is 60.9 Å². The van der Waals surface area contributed by atoms with E-state index in [9.17, 15) is 15.3 Å². The number of hydrogen-bond acceptors (Lipinski definition) is 9. The second-order valence-electron chi connectivity index (χ2n) is 9.51. The lowest BCUT2D eigenvalue weighted by atomic mass is 10.1. The fraction of sp³-hybridized carbons (Fsp3) is 0.250. The molecule has 2 aliphatic rings. The SMILES string of the molecule is Nc1nc(NC2CC2)c2ncn([C@H]3C=C[C@@H](CO)C3)c2n1.Oc1ccc(/C=C/c2cc(O)cc(O)c2)cc1. The van der Waals surface area contributed by atoms with Gasteiger partial charge in [-0.3, -0.25) is 0 Å². The third kappa shape index (κ3) is 6.04. The molecule has 1 fully saturated rings. The Kier molecular flexibility index (Phi) is 7.14. The molecule has 2 aliphatic carbocycles. The predicted octanol–water partition coefficient (Wildman–Crippen LogP) is 4.07. The van der Waals surface area contributed by atoms with Crippen LogP contribution >= 0.6 is 0 Å². The average molecular weight is 515 g/mol. The van der Waals surface area contributed by atoms with Crippen molar-refractivity contribution in [3.8, 4) is 17.2 Å². The van der Waals surface area contributed by atoms with Crippen LogP contribution in [-0.4, -0.2) is 52.6 Å². The molecule has 0 radical (unpaired) electrons. The van der Waals surface area contributed by atoms with Gasteiger partial charge < -0.3 is 36.0 Å². The van der Waals surface area contributed by atoms with Crippen molar-refractivity contribution in [3.63, 3.8) is 0 Å². The van der Waals surface area contributed by atoms with E-state index in [1.165, 1.54) is 6.07 Å². The van der Waals surface area contributed by atoms with Crippen molar-refractivity contribution in [2.45, 2.75) is 31.3 Å². The number of fused-ring (bicyclic) bond motifs is 1. The Morgan fingerprint density at radius 2 is 1.63 bits per heavy atom. The number of allylic oxidation sites excluding steroid dienone is 1. The Balaban J connectivity index is 0.000000159. The molecule has 10 heteroatoms.